The standard InChI is InChI=1S/C13H9NOS/c1-2-4-10(5-3-1)12-9-16-13(14-12)11-6-7-15-8-11/h1-9H. The molecule has 78 valence electrons. The molecule has 2 nitrogen and oxygen atoms in total. The molecule has 0 aliphatic rings. The molecule has 0 saturated carbocycles. The highest BCUT2D eigenvalue weighted by Gasteiger charge is 2.06. The Labute approximate surface area is 97.2 Å². The van der Waals surface area contributed by atoms with Crippen molar-refractivity contribution in [2.75, 3.05) is 0 Å². The molecule has 3 aromatic rings. The molecule has 0 amide bonds. The Morgan fingerprint density at radius 2 is 1.88 bits per heavy atom. The molecule has 2 aromatic heterocycles. The van der Waals surface area contributed by atoms with Crippen LogP contribution in [0.5, 0.6) is 0 Å². The van der Waals surface area contributed by atoms with Crippen LogP contribution in [0.3, 0.4) is 0 Å². The molecule has 0 saturated heterocycles. The number of benzene rings is 1. The number of hydrogen-bond donors (Lipinski definition) is 0. The number of hydrogen-bond acceptors (Lipinski definition) is 3. The zero-order chi connectivity index (χ0) is 10.8. The van der Waals surface area contributed by atoms with Crippen molar-refractivity contribution < 1.29 is 4.42 Å². The number of rotatable bonds is 2. The highest BCUT2D eigenvalue weighted by Crippen LogP contribution is 2.28. The fourth-order valence-electron chi connectivity index (χ4n) is 1.53. The summed E-state index contributed by atoms with van der Waals surface area (Å²) in [5.41, 5.74) is 3.20. The molecule has 0 bridgehead atoms. The lowest BCUT2D eigenvalue weighted by Gasteiger charge is -1.93. The molecule has 1 aromatic carbocycles. The molecule has 3 rings (SSSR count). The van der Waals surface area contributed by atoms with E-state index in [0.717, 1.165) is 21.8 Å². The number of furan rings is 1. The summed E-state index contributed by atoms with van der Waals surface area (Å²) in [6, 6.07) is 12.1. The van der Waals surface area contributed by atoms with E-state index < -0.39 is 0 Å². The Bertz CT molecular complexity index is 569. The molecule has 0 unspecified atom stereocenters. The topological polar surface area (TPSA) is 26.0 Å². The van der Waals surface area contributed by atoms with Crippen LogP contribution < -0.4 is 0 Å². The van der Waals surface area contributed by atoms with Crippen LogP contribution in [-0.2, 0) is 0 Å². The van der Waals surface area contributed by atoms with Gasteiger partial charge in [-0.1, -0.05) is 30.3 Å². The molecule has 0 fully saturated rings. The van der Waals surface area contributed by atoms with E-state index in [0.29, 0.717) is 0 Å². The molecule has 0 aliphatic heterocycles. The van der Waals surface area contributed by atoms with Crippen LogP contribution in [0.25, 0.3) is 21.8 Å². The number of nitrogens with zero attached hydrogens (tertiary/aromatic N) is 1. The first-order valence-electron chi connectivity index (χ1n) is 4.97. The van der Waals surface area contributed by atoms with Gasteiger partial charge in [-0.15, -0.1) is 11.3 Å². The van der Waals surface area contributed by atoms with Crippen molar-refractivity contribution in [2.24, 2.45) is 0 Å². The Hall–Kier alpha value is -1.87. The van der Waals surface area contributed by atoms with Crippen LogP contribution in [0.4, 0.5) is 0 Å². The van der Waals surface area contributed by atoms with Crippen molar-refractivity contribution in [3.63, 3.8) is 0 Å². The Balaban J connectivity index is 2.00. The van der Waals surface area contributed by atoms with E-state index in [1.807, 2.05) is 24.3 Å². The minimum Gasteiger partial charge on any atom is -0.472 e. The lowest BCUT2D eigenvalue weighted by Crippen LogP contribution is -1.76. The van der Waals surface area contributed by atoms with Gasteiger partial charge in [-0.2, -0.15) is 0 Å². The van der Waals surface area contributed by atoms with E-state index in [1.54, 1.807) is 23.9 Å². The van der Waals surface area contributed by atoms with Gasteiger partial charge in [-0.3, -0.25) is 0 Å². The fourth-order valence-corrected chi connectivity index (χ4v) is 2.35. The van der Waals surface area contributed by atoms with Gasteiger partial charge in [0.2, 0.25) is 0 Å². The molecular formula is C13H9NOS. The second kappa shape index (κ2) is 3.94. The lowest BCUT2D eigenvalue weighted by molar-refractivity contribution is 0.568. The quantitative estimate of drug-likeness (QED) is 0.659. The van der Waals surface area contributed by atoms with Gasteiger partial charge in [0.15, 0.2) is 0 Å². The summed E-state index contributed by atoms with van der Waals surface area (Å²) in [7, 11) is 0. The average molecular weight is 227 g/mol. The second-order valence-corrected chi connectivity index (χ2v) is 4.27. The number of aromatic nitrogens is 1. The van der Waals surface area contributed by atoms with Crippen LogP contribution in [0.15, 0.2) is 58.7 Å². The Morgan fingerprint density at radius 1 is 1.00 bits per heavy atom. The molecule has 0 radical (unpaired) electrons. The first-order chi connectivity index (χ1) is 7.93. The lowest BCUT2D eigenvalue weighted by atomic mass is 10.2. The van der Waals surface area contributed by atoms with Crippen molar-refractivity contribution in [3.8, 4) is 21.8 Å². The molecule has 0 atom stereocenters. The monoisotopic (exact) mass is 227 g/mol. The molecule has 0 spiro atoms. The van der Waals surface area contributed by atoms with Gasteiger partial charge in [0.25, 0.3) is 0 Å². The van der Waals surface area contributed by atoms with E-state index in [4.69, 9.17) is 4.42 Å². The molecule has 16 heavy (non-hydrogen) atoms. The maximum absolute atomic E-state index is 5.05. The largest absolute Gasteiger partial charge is 0.472 e. The SMILES string of the molecule is c1ccc(-c2csc(-c3ccoc3)n2)cc1. The van der Waals surface area contributed by atoms with E-state index in [2.05, 4.69) is 22.5 Å². The molecular weight excluding hydrogens is 218 g/mol. The third-order valence-corrected chi connectivity index (χ3v) is 3.23. The predicted molar refractivity (Wildman–Crippen MR) is 65.3 cm³/mol. The first kappa shape index (κ1) is 9.36. The van der Waals surface area contributed by atoms with Crippen molar-refractivity contribution >= 4 is 11.3 Å². The van der Waals surface area contributed by atoms with Crippen molar-refractivity contribution in [2.45, 2.75) is 0 Å². The van der Waals surface area contributed by atoms with Crippen LogP contribution in [0.2, 0.25) is 0 Å². The van der Waals surface area contributed by atoms with E-state index in [-0.39, 0.29) is 0 Å². The predicted octanol–water partition coefficient (Wildman–Crippen LogP) is 4.07. The van der Waals surface area contributed by atoms with Crippen molar-refractivity contribution in [1.82, 2.24) is 4.98 Å². The minimum absolute atomic E-state index is 0.993. The minimum atomic E-state index is 0.993. The molecule has 3 heteroatoms. The highest BCUT2D eigenvalue weighted by molar-refractivity contribution is 7.13. The summed E-state index contributed by atoms with van der Waals surface area (Å²) < 4.78 is 5.05. The van der Waals surface area contributed by atoms with Gasteiger partial charge >= 0.3 is 0 Å². The van der Waals surface area contributed by atoms with Gasteiger partial charge in [-0.05, 0) is 6.07 Å². The van der Waals surface area contributed by atoms with Crippen LogP contribution in [-0.4, -0.2) is 4.98 Å². The van der Waals surface area contributed by atoms with Gasteiger partial charge in [-0.25, -0.2) is 4.98 Å². The summed E-state index contributed by atoms with van der Waals surface area (Å²) in [4.78, 5) is 4.58. The normalized spacial score (nSPS) is 10.5. The third-order valence-electron chi connectivity index (χ3n) is 2.34. The second-order valence-electron chi connectivity index (χ2n) is 3.42. The van der Waals surface area contributed by atoms with E-state index in [1.165, 1.54) is 0 Å². The molecule has 0 aliphatic carbocycles. The van der Waals surface area contributed by atoms with Gasteiger partial charge in [0, 0.05) is 16.5 Å². The molecule has 0 N–H and O–H groups in total. The zero-order valence-electron chi connectivity index (χ0n) is 8.46. The van der Waals surface area contributed by atoms with Crippen molar-refractivity contribution in [3.05, 3.63) is 54.3 Å². The molecule has 2 heterocycles. The average Bonchev–Trinajstić information content (AvgIpc) is 3.01. The zero-order valence-corrected chi connectivity index (χ0v) is 9.28. The van der Waals surface area contributed by atoms with Crippen LogP contribution in [0.1, 0.15) is 0 Å². The van der Waals surface area contributed by atoms with E-state index >= 15 is 0 Å². The van der Waals surface area contributed by atoms with E-state index in [9.17, 15) is 0 Å². The van der Waals surface area contributed by atoms with Crippen molar-refractivity contribution in [1.29, 1.82) is 0 Å². The first-order valence-corrected chi connectivity index (χ1v) is 5.85. The van der Waals surface area contributed by atoms with Gasteiger partial charge in [0.05, 0.1) is 12.0 Å². The van der Waals surface area contributed by atoms with Gasteiger partial charge in [0.1, 0.15) is 11.3 Å². The summed E-state index contributed by atoms with van der Waals surface area (Å²) in [6.45, 7) is 0. The fraction of sp³-hybridized carbons (Fsp3) is 0. The summed E-state index contributed by atoms with van der Waals surface area (Å²) in [5.74, 6) is 0. The summed E-state index contributed by atoms with van der Waals surface area (Å²) in [5, 5.41) is 3.06. The Kier molecular flexibility index (Phi) is 2.31. The third kappa shape index (κ3) is 1.66. The van der Waals surface area contributed by atoms with Gasteiger partial charge < -0.3 is 4.42 Å². The highest BCUT2D eigenvalue weighted by atomic mass is 32.1. The maximum atomic E-state index is 5.05. The van der Waals surface area contributed by atoms with Crippen LogP contribution in [0, 0.1) is 0 Å². The van der Waals surface area contributed by atoms with Crippen LogP contribution >= 0.6 is 11.3 Å². The smallest absolute Gasteiger partial charge is 0.127 e. The summed E-state index contributed by atoms with van der Waals surface area (Å²) >= 11 is 1.63. The summed E-state index contributed by atoms with van der Waals surface area (Å²) in [6.07, 6.45) is 3.38. The Morgan fingerprint density at radius 3 is 2.62 bits per heavy atom. The maximum Gasteiger partial charge on any atom is 0.127 e. The number of thiazole rings is 1.